The molecule has 2 aliphatic rings. The second-order valence-corrected chi connectivity index (χ2v) is 8.71. The molecule has 0 unspecified atom stereocenters. The van der Waals surface area contributed by atoms with E-state index < -0.39 is 18.3 Å². The summed E-state index contributed by atoms with van der Waals surface area (Å²) in [5.41, 5.74) is 3.89. The number of alkyl halides is 3. The zero-order chi connectivity index (χ0) is 23.9. The van der Waals surface area contributed by atoms with E-state index in [2.05, 4.69) is 15.4 Å². The van der Waals surface area contributed by atoms with Gasteiger partial charge >= 0.3 is 6.36 Å². The Bertz CT molecular complexity index is 1260. The van der Waals surface area contributed by atoms with E-state index in [1.165, 1.54) is 12.1 Å². The van der Waals surface area contributed by atoms with Gasteiger partial charge in [-0.25, -0.2) is 0 Å². The van der Waals surface area contributed by atoms with Gasteiger partial charge in [0.05, 0.1) is 23.3 Å². The Balaban J connectivity index is 1.56. The quantitative estimate of drug-likeness (QED) is 0.417. The fraction of sp³-hybridized carbons (Fsp3) is 0.192. The van der Waals surface area contributed by atoms with Crippen molar-refractivity contribution >= 4 is 28.8 Å². The lowest BCUT2D eigenvalue weighted by atomic mass is 9.76. The third kappa shape index (κ3) is 4.48. The minimum absolute atomic E-state index is 0.0100. The van der Waals surface area contributed by atoms with Crippen molar-refractivity contribution in [1.29, 1.82) is 0 Å². The molecule has 1 aliphatic heterocycles. The maximum Gasteiger partial charge on any atom is 0.573 e. The molecule has 8 heteroatoms. The van der Waals surface area contributed by atoms with Crippen LogP contribution < -0.4 is 15.4 Å². The van der Waals surface area contributed by atoms with Crippen molar-refractivity contribution in [3.63, 3.8) is 0 Å². The van der Waals surface area contributed by atoms with Gasteiger partial charge in [0.2, 0.25) is 0 Å². The van der Waals surface area contributed by atoms with Crippen LogP contribution in [-0.2, 0) is 4.79 Å². The lowest BCUT2D eigenvalue weighted by Gasteiger charge is -2.32. The number of para-hydroxylation sites is 2. The molecule has 4 nitrogen and oxygen atoms in total. The Morgan fingerprint density at radius 2 is 1.59 bits per heavy atom. The lowest BCUT2D eigenvalue weighted by molar-refractivity contribution is -0.274. The number of Topliss-reactive ketones (excluding diaryl/α,β-unsaturated/α-hetero) is 1. The van der Waals surface area contributed by atoms with E-state index >= 15 is 0 Å². The van der Waals surface area contributed by atoms with E-state index in [1.807, 2.05) is 48.5 Å². The standard InChI is InChI=1S/C26H20ClF3N2O2/c27-19-6-2-1-5-18(19)16-13-22-24(23(33)14-16)25(32-21-8-4-3-7-20(21)31-22)15-9-11-17(12-10-15)34-26(28,29)30/h1-13,16,24-25,31-32H,14H2/t16-,24+,25+/m0/s1. The number of nitrogens with one attached hydrogen (secondary N) is 2. The summed E-state index contributed by atoms with van der Waals surface area (Å²) in [5.74, 6) is -1.04. The smallest absolute Gasteiger partial charge is 0.406 e. The summed E-state index contributed by atoms with van der Waals surface area (Å²) in [5, 5.41) is 7.44. The van der Waals surface area contributed by atoms with Crippen molar-refractivity contribution in [2.75, 3.05) is 10.6 Å². The molecule has 0 saturated heterocycles. The fourth-order valence-electron chi connectivity index (χ4n) is 4.63. The molecule has 3 atom stereocenters. The number of ketones is 1. The van der Waals surface area contributed by atoms with E-state index in [4.69, 9.17) is 11.6 Å². The van der Waals surface area contributed by atoms with Crippen molar-refractivity contribution in [3.8, 4) is 5.75 Å². The Labute approximate surface area is 199 Å². The minimum Gasteiger partial charge on any atom is -0.406 e. The molecule has 0 aromatic heterocycles. The van der Waals surface area contributed by atoms with Crippen LogP contribution in [0.15, 0.2) is 84.6 Å². The molecule has 0 amide bonds. The molecule has 34 heavy (non-hydrogen) atoms. The van der Waals surface area contributed by atoms with Crippen molar-refractivity contribution in [3.05, 3.63) is 101 Å². The van der Waals surface area contributed by atoms with Crippen molar-refractivity contribution in [2.24, 2.45) is 5.92 Å². The molecular weight excluding hydrogens is 465 g/mol. The van der Waals surface area contributed by atoms with E-state index in [1.54, 1.807) is 18.2 Å². The van der Waals surface area contributed by atoms with Gasteiger partial charge in [-0.15, -0.1) is 13.2 Å². The molecule has 0 spiro atoms. The maximum absolute atomic E-state index is 13.5. The molecule has 3 aromatic rings. The highest BCUT2D eigenvalue weighted by molar-refractivity contribution is 6.31. The number of anilines is 2. The minimum atomic E-state index is -4.77. The average molecular weight is 485 g/mol. The second kappa shape index (κ2) is 8.72. The summed E-state index contributed by atoms with van der Waals surface area (Å²) < 4.78 is 41.8. The molecule has 0 bridgehead atoms. The first kappa shape index (κ1) is 22.3. The number of hydrogen-bond donors (Lipinski definition) is 2. The molecule has 0 fully saturated rings. The Kier molecular flexibility index (Phi) is 5.73. The highest BCUT2D eigenvalue weighted by Gasteiger charge is 2.40. The van der Waals surface area contributed by atoms with Crippen LogP contribution in [0.3, 0.4) is 0 Å². The molecule has 1 aliphatic carbocycles. The number of rotatable bonds is 3. The molecular formula is C26H20ClF3N2O2. The maximum atomic E-state index is 13.5. The summed E-state index contributed by atoms with van der Waals surface area (Å²) in [6.07, 6.45) is -2.47. The van der Waals surface area contributed by atoms with Crippen molar-refractivity contribution in [1.82, 2.24) is 0 Å². The van der Waals surface area contributed by atoms with Crippen molar-refractivity contribution in [2.45, 2.75) is 24.7 Å². The Hall–Kier alpha value is -3.45. The third-order valence-electron chi connectivity index (χ3n) is 6.11. The van der Waals surface area contributed by atoms with Gasteiger partial charge in [0.25, 0.3) is 0 Å². The van der Waals surface area contributed by atoms with Crippen LogP contribution in [0.5, 0.6) is 5.75 Å². The number of carbonyl (C=O) groups excluding carboxylic acids is 1. The largest absolute Gasteiger partial charge is 0.573 e. The summed E-state index contributed by atoms with van der Waals surface area (Å²) in [6.45, 7) is 0. The number of halogens is 4. The predicted molar refractivity (Wildman–Crippen MR) is 125 cm³/mol. The predicted octanol–water partition coefficient (Wildman–Crippen LogP) is 7.07. The van der Waals surface area contributed by atoms with Gasteiger partial charge in [-0.1, -0.05) is 60.1 Å². The molecule has 0 saturated carbocycles. The molecule has 174 valence electrons. The van der Waals surface area contributed by atoms with Gasteiger partial charge < -0.3 is 15.4 Å². The number of allylic oxidation sites excluding steroid dienone is 1. The van der Waals surface area contributed by atoms with Crippen LogP contribution >= 0.6 is 11.6 Å². The number of hydrogen-bond acceptors (Lipinski definition) is 4. The van der Waals surface area contributed by atoms with E-state index in [0.717, 1.165) is 22.6 Å². The molecule has 3 aromatic carbocycles. The summed E-state index contributed by atoms with van der Waals surface area (Å²) in [4.78, 5) is 13.5. The fourth-order valence-corrected chi connectivity index (χ4v) is 4.91. The van der Waals surface area contributed by atoms with Crippen LogP contribution in [0.2, 0.25) is 5.02 Å². The number of benzene rings is 3. The molecule has 2 N–H and O–H groups in total. The number of fused-ring (bicyclic) bond motifs is 2. The zero-order valence-electron chi connectivity index (χ0n) is 17.8. The highest BCUT2D eigenvalue weighted by atomic mass is 35.5. The van der Waals surface area contributed by atoms with Gasteiger partial charge in [-0.3, -0.25) is 4.79 Å². The molecule has 1 heterocycles. The topological polar surface area (TPSA) is 50.4 Å². The van der Waals surface area contributed by atoms with Crippen LogP contribution in [-0.4, -0.2) is 12.1 Å². The summed E-state index contributed by atoms with van der Waals surface area (Å²) in [7, 11) is 0. The first-order valence-corrected chi connectivity index (χ1v) is 11.1. The van der Waals surface area contributed by atoms with E-state index in [-0.39, 0.29) is 23.9 Å². The van der Waals surface area contributed by atoms with Crippen molar-refractivity contribution < 1.29 is 22.7 Å². The number of ether oxygens (including phenoxy) is 1. The van der Waals surface area contributed by atoms with Gasteiger partial charge in [0, 0.05) is 23.1 Å². The monoisotopic (exact) mass is 484 g/mol. The number of carbonyl (C=O) groups is 1. The van der Waals surface area contributed by atoms with Crippen LogP contribution in [0.1, 0.15) is 29.5 Å². The Morgan fingerprint density at radius 1 is 0.912 bits per heavy atom. The van der Waals surface area contributed by atoms with Gasteiger partial charge in [0.15, 0.2) is 0 Å². The molecule has 5 rings (SSSR count). The lowest BCUT2D eigenvalue weighted by Crippen LogP contribution is -2.33. The van der Waals surface area contributed by atoms with Crippen LogP contribution in [0.25, 0.3) is 0 Å². The van der Waals surface area contributed by atoms with E-state index in [9.17, 15) is 18.0 Å². The average Bonchev–Trinajstić information content (AvgIpc) is 2.96. The first-order valence-electron chi connectivity index (χ1n) is 10.8. The zero-order valence-corrected chi connectivity index (χ0v) is 18.5. The second-order valence-electron chi connectivity index (χ2n) is 8.31. The summed E-state index contributed by atoms with van der Waals surface area (Å²) in [6, 6.07) is 20.2. The molecule has 0 radical (unpaired) electrons. The van der Waals surface area contributed by atoms with Gasteiger partial charge in [-0.05, 0) is 41.5 Å². The Morgan fingerprint density at radius 3 is 2.29 bits per heavy atom. The van der Waals surface area contributed by atoms with Crippen LogP contribution in [0.4, 0.5) is 24.5 Å². The SMILES string of the molecule is O=C1C[C@@H](c2ccccc2Cl)C=C2Nc3ccccc3N[C@H](c3ccc(OC(F)(F)F)cc3)[C@@H]12. The van der Waals surface area contributed by atoms with Gasteiger partial charge in [-0.2, -0.15) is 0 Å². The van der Waals surface area contributed by atoms with Crippen LogP contribution in [0, 0.1) is 5.92 Å². The van der Waals surface area contributed by atoms with E-state index in [0.29, 0.717) is 10.6 Å². The highest BCUT2D eigenvalue weighted by Crippen LogP contribution is 2.45. The normalized spacial score (nSPS) is 21.8. The summed E-state index contributed by atoms with van der Waals surface area (Å²) >= 11 is 6.41. The third-order valence-corrected chi connectivity index (χ3v) is 6.46. The first-order chi connectivity index (χ1) is 16.3. The van der Waals surface area contributed by atoms with Gasteiger partial charge in [0.1, 0.15) is 11.5 Å².